The normalized spacial score (nSPS) is 15.3. The zero-order valence-electron chi connectivity index (χ0n) is 16.7. The first-order chi connectivity index (χ1) is 15.6. The molecule has 156 valence electrons. The monoisotopic (exact) mass is 423 g/mol. The zero-order valence-corrected chi connectivity index (χ0v) is 16.7. The number of non-ortho nitro benzene ring substituents is 1. The van der Waals surface area contributed by atoms with Crippen LogP contribution in [0.2, 0.25) is 0 Å². The van der Waals surface area contributed by atoms with Crippen molar-refractivity contribution < 1.29 is 9.72 Å². The van der Waals surface area contributed by atoms with E-state index in [1.54, 1.807) is 18.6 Å². The lowest BCUT2D eigenvalue weighted by molar-refractivity contribution is -0.384. The van der Waals surface area contributed by atoms with Crippen LogP contribution in [0.5, 0.6) is 0 Å². The summed E-state index contributed by atoms with van der Waals surface area (Å²) in [7, 11) is 0. The molecule has 1 aromatic heterocycles. The Morgan fingerprint density at radius 2 is 1.88 bits per heavy atom. The molecule has 8 heteroatoms. The van der Waals surface area contributed by atoms with Crippen molar-refractivity contribution in [1.82, 2.24) is 9.97 Å². The molecule has 0 fully saturated rings. The summed E-state index contributed by atoms with van der Waals surface area (Å²) < 4.78 is 0. The standard InChI is InChI=1S/C24H17N5O3/c30-24-22(19-12-18(29(31)32)9-10-20(19)28-24)23(15-5-2-1-3-6-15)27-17-8-4-7-16(11-17)21-13-25-14-26-21/h1-14,22H,(H,25,26)(H,28,30). The van der Waals surface area contributed by atoms with E-state index in [-0.39, 0.29) is 11.6 Å². The van der Waals surface area contributed by atoms with Gasteiger partial charge in [0, 0.05) is 28.9 Å². The Morgan fingerprint density at radius 3 is 2.62 bits per heavy atom. The van der Waals surface area contributed by atoms with Gasteiger partial charge >= 0.3 is 0 Å². The van der Waals surface area contributed by atoms with Crippen molar-refractivity contribution in [3.8, 4) is 11.3 Å². The van der Waals surface area contributed by atoms with E-state index in [9.17, 15) is 14.9 Å². The van der Waals surface area contributed by atoms with E-state index in [1.807, 2.05) is 54.6 Å². The maximum atomic E-state index is 13.0. The largest absolute Gasteiger partial charge is 0.345 e. The van der Waals surface area contributed by atoms with Gasteiger partial charge in [-0.05, 0) is 23.8 Å². The summed E-state index contributed by atoms with van der Waals surface area (Å²) in [6, 6.07) is 21.3. The van der Waals surface area contributed by atoms with Gasteiger partial charge in [-0.1, -0.05) is 42.5 Å². The van der Waals surface area contributed by atoms with Gasteiger partial charge in [0.05, 0.1) is 34.5 Å². The fourth-order valence-electron chi connectivity index (χ4n) is 3.83. The molecular formula is C24H17N5O3. The van der Waals surface area contributed by atoms with Crippen LogP contribution in [-0.2, 0) is 4.79 Å². The van der Waals surface area contributed by atoms with Crippen LogP contribution >= 0.6 is 0 Å². The van der Waals surface area contributed by atoms with Crippen molar-refractivity contribution in [1.29, 1.82) is 0 Å². The predicted octanol–water partition coefficient (Wildman–Crippen LogP) is 4.84. The van der Waals surface area contributed by atoms with Gasteiger partial charge in [-0.3, -0.25) is 19.9 Å². The maximum absolute atomic E-state index is 13.0. The first-order valence-corrected chi connectivity index (χ1v) is 9.92. The number of aromatic nitrogens is 2. The minimum Gasteiger partial charge on any atom is -0.345 e. The number of rotatable bonds is 5. The number of amides is 1. The Morgan fingerprint density at radius 1 is 1.03 bits per heavy atom. The first-order valence-electron chi connectivity index (χ1n) is 9.92. The number of H-pyrrole nitrogens is 1. The van der Waals surface area contributed by atoms with Crippen LogP contribution in [0.4, 0.5) is 17.1 Å². The molecule has 2 heterocycles. The molecule has 0 radical (unpaired) electrons. The number of fused-ring (bicyclic) bond motifs is 1. The van der Waals surface area contributed by atoms with Crippen molar-refractivity contribution in [3.63, 3.8) is 0 Å². The molecule has 0 bridgehead atoms. The van der Waals surface area contributed by atoms with Gasteiger partial charge in [0.25, 0.3) is 5.69 Å². The minimum absolute atomic E-state index is 0.0705. The predicted molar refractivity (Wildman–Crippen MR) is 121 cm³/mol. The Balaban J connectivity index is 1.66. The number of aliphatic imine (C=N–C) groups is 1. The number of carbonyl (C=O) groups excluding carboxylic acids is 1. The molecular weight excluding hydrogens is 406 g/mol. The lowest BCUT2D eigenvalue weighted by atomic mass is 9.90. The summed E-state index contributed by atoms with van der Waals surface area (Å²) in [5.74, 6) is -1.05. The van der Waals surface area contributed by atoms with Crippen LogP contribution in [-0.4, -0.2) is 26.5 Å². The molecule has 0 aliphatic carbocycles. The maximum Gasteiger partial charge on any atom is 0.269 e. The number of nitrogens with one attached hydrogen (secondary N) is 2. The van der Waals surface area contributed by atoms with E-state index >= 15 is 0 Å². The van der Waals surface area contributed by atoms with E-state index in [1.165, 1.54) is 12.1 Å². The molecule has 1 aliphatic rings. The van der Waals surface area contributed by atoms with Crippen LogP contribution in [0.3, 0.4) is 0 Å². The molecule has 8 nitrogen and oxygen atoms in total. The summed E-state index contributed by atoms with van der Waals surface area (Å²) >= 11 is 0. The van der Waals surface area contributed by atoms with Crippen molar-refractivity contribution in [2.45, 2.75) is 5.92 Å². The summed E-state index contributed by atoms with van der Waals surface area (Å²) in [5.41, 5.74) is 4.72. The average Bonchev–Trinajstić information content (AvgIpc) is 3.45. The van der Waals surface area contributed by atoms with E-state index < -0.39 is 10.8 Å². The van der Waals surface area contributed by atoms with Crippen LogP contribution in [0.1, 0.15) is 17.0 Å². The zero-order chi connectivity index (χ0) is 22.1. The van der Waals surface area contributed by atoms with Crippen molar-refractivity contribution >= 4 is 28.7 Å². The smallest absolute Gasteiger partial charge is 0.269 e. The van der Waals surface area contributed by atoms with Crippen LogP contribution < -0.4 is 5.32 Å². The summed E-state index contributed by atoms with van der Waals surface area (Å²) in [4.78, 5) is 35.8. The Labute approximate surface area is 182 Å². The third-order valence-corrected chi connectivity index (χ3v) is 5.32. The molecule has 1 amide bonds. The highest BCUT2D eigenvalue weighted by Gasteiger charge is 2.36. The Hall–Kier alpha value is -4.59. The van der Waals surface area contributed by atoms with E-state index in [2.05, 4.69) is 15.3 Å². The highest BCUT2D eigenvalue weighted by Crippen LogP contribution is 2.38. The topological polar surface area (TPSA) is 113 Å². The third kappa shape index (κ3) is 3.54. The number of nitro benzene ring substituents is 1. The number of anilines is 1. The molecule has 1 aliphatic heterocycles. The molecule has 0 saturated carbocycles. The Kier molecular flexibility index (Phi) is 4.79. The molecule has 5 rings (SSSR count). The van der Waals surface area contributed by atoms with Gasteiger partial charge < -0.3 is 10.3 Å². The van der Waals surface area contributed by atoms with Crippen LogP contribution in [0.25, 0.3) is 11.3 Å². The summed E-state index contributed by atoms with van der Waals surface area (Å²) in [6.07, 6.45) is 3.33. The van der Waals surface area contributed by atoms with Gasteiger partial charge in [-0.15, -0.1) is 0 Å². The quantitative estimate of drug-likeness (QED) is 0.272. The molecule has 0 saturated heterocycles. The van der Waals surface area contributed by atoms with Crippen molar-refractivity contribution in [3.05, 3.63) is 107 Å². The number of nitrogens with zero attached hydrogens (tertiary/aromatic N) is 3. The fraction of sp³-hybridized carbons (Fsp3) is 0.0417. The van der Waals surface area contributed by atoms with E-state index in [4.69, 9.17) is 4.99 Å². The van der Waals surface area contributed by atoms with Gasteiger partial charge in [0.1, 0.15) is 5.92 Å². The molecule has 3 aromatic carbocycles. The molecule has 0 spiro atoms. The average molecular weight is 423 g/mol. The first kappa shape index (κ1) is 19.4. The van der Waals surface area contributed by atoms with Crippen molar-refractivity contribution in [2.24, 2.45) is 4.99 Å². The van der Waals surface area contributed by atoms with Gasteiger partial charge in [0.2, 0.25) is 5.91 Å². The lowest BCUT2D eigenvalue weighted by Gasteiger charge is -2.14. The highest BCUT2D eigenvalue weighted by molar-refractivity contribution is 6.24. The number of nitro groups is 1. The number of imidazole rings is 1. The lowest BCUT2D eigenvalue weighted by Crippen LogP contribution is -2.22. The second kappa shape index (κ2) is 7.92. The van der Waals surface area contributed by atoms with Gasteiger partial charge in [-0.2, -0.15) is 0 Å². The second-order valence-corrected chi connectivity index (χ2v) is 7.33. The SMILES string of the molecule is O=C1Nc2ccc([N+](=O)[O-])cc2C1C(=Nc1cccc(-c2cnc[nH]2)c1)c1ccccc1. The molecule has 32 heavy (non-hydrogen) atoms. The van der Waals surface area contributed by atoms with Crippen LogP contribution in [0.15, 0.2) is 90.3 Å². The summed E-state index contributed by atoms with van der Waals surface area (Å²) in [6.45, 7) is 0. The minimum atomic E-state index is -0.775. The molecule has 4 aromatic rings. The fourth-order valence-corrected chi connectivity index (χ4v) is 3.83. The number of carbonyl (C=O) groups is 1. The second-order valence-electron chi connectivity index (χ2n) is 7.33. The van der Waals surface area contributed by atoms with Gasteiger partial charge in [-0.25, -0.2) is 4.98 Å². The molecule has 2 N–H and O–H groups in total. The number of hydrogen-bond acceptors (Lipinski definition) is 5. The molecule has 1 unspecified atom stereocenters. The highest BCUT2D eigenvalue weighted by atomic mass is 16.6. The van der Waals surface area contributed by atoms with E-state index in [0.29, 0.717) is 22.6 Å². The summed E-state index contributed by atoms with van der Waals surface area (Å²) in [5, 5.41) is 14.2. The third-order valence-electron chi connectivity index (χ3n) is 5.32. The Bertz CT molecular complexity index is 1350. The van der Waals surface area contributed by atoms with E-state index in [0.717, 1.165) is 16.8 Å². The molecule has 1 atom stereocenters. The number of benzene rings is 3. The number of aromatic amines is 1. The van der Waals surface area contributed by atoms with Crippen molar-refractivity contribution in [2.75, 3.05) is 5.32 Å². The van der Waals surface area contributed by atoms with Crippen LogP contribution in [0, 0.1) is 10.1 Å². The van der Waals surface area contributed by atoms with Gasteiger partial charge in [0.15, 0.2) is 0 Å². The number of hydrogen-bond donors (Lipinski definition) is 2.